The zero-order valence-corrected chi connectivity index (χ0v) is 21.8. The molecule has 0 atom stereocenters. The molecule has 6 heteroatoms. The predicted molar refractivity (Wildman–Crippen MR) is 149 cm³/mol. The first-order valence-electron chi connectivity index (χ1n) is 12.5. The van der Waals surface area contributed by atoms with Crippen LogP contribution < -0.4 is 10.2 Å². The van der Waals surface area contributed by atoms with Crippen molar-refractivity contribution in [2.45, 2.75) is 40.0 Å². The molecule has 0 aliphatic carbocycles. The summed E-state index contributed by atoms with van der Waals surface area (Å²) in [5.41, 5.74) is 6.59. The van der Waals surface area contributed by atoms with E-state index in [2.05, 4.69) is 15.3 Å². The fourth-order valence-electron chi connectivity index (χ4n) is 4.11. The molecule has 0 unspecified atom stereocenters. The number of aryl methyl sites for hydroxylation is 2. The molecule has 3 aromatic carbocycles. The van der Waals surface area contributed by atoms with Crippen LogP contribution in [0.1, 0.15) is 46.0 Å². The highest BCUT2D eigenvalue weighted by Crippen LogP contribution is 2.25. The van der Waals surface area contributed by atoms with Gasteiger partial charge in [-0.1, -0.05) is 55.0 Å². The van der Waals surface area contributed by atoms with Crippen LogP contribution in [0.2, 0.25) is 0 Å². The number of nitrogens with one attached hydrogen (secondary N) is 1. The third-order valence-corrected chi connectivity index (χ3v) is 6.35. The molecule has 0 saturated heterocycles. The van der Waals surface area contributed by atoms with Gasteiger partial charge < -0.3 is 10.2 Å². The minimum atomic E-state index is 0.107. The van der Waals surface area contributed by atoms with Gasteiger partial charge in [0, 0.05) is 49.4 Å². The molecule has 0 amide bonds. The van der Waals surface area contributed by atoms with Crippen LogP contribution in [0.15, 0.2) is 79.0 Å². The average Bonchev–Trinajstić information content (AvgIpc) is 2.91. The molecule has 4 aromatic rings. The molecule has 37 heavy (non-hydrogen) atoms. The Balaban J connectivity index is 1.42. The van der Waals surface area contributed by atoms with Gasteiger partial charge >= 0.3 is 0 Å². The van der Waals surface area contributed by atoms with E-state index in [9.17, 15) is 9.59 Å². The van der Waals surface area contributed by atoms with Crippen molar-refractivity contribution in [1.82, 2.24) is 9.97 Å². The molecule has 0 aliphatic rings. The Kier molecular flexibility index (Phi) is 8.08. The summed E-state index contributed by atoms with van der Waals surface area (Å²) in [5, 5.41) is 3.21. The first-order valence-corrected chi connectivity index (χ1v) is 12.5. The largest absolute Gasteiger partial charge is 0.329 e. The van der Waals surface area contributed by atoms with Crippen LogP contribution in [0.3, 0.4) is 0 Å². The number of hydrogen-bond donors (Lipinski definition) is 1. The van der Waals surface area contributed by atoms with Crippen molar-refractivity contribution >= 4 is 34.7 Å². The number of nitrogens with zero attached hydrogens (tertiary/aromatic N) is 3. The number of carbonyl (C=O) groups is 2. The lowest BCUT2D eigenvalue weighted by molar-refractivity contribution is -0.117. The topological polar surface area (TPSA) is 75.2 Å². The molecule has 0 aliphatic heterocycles. The van der Waals surface area contributed by atoms with Gasteiger partial charge in [0.05, 0.1) is 0 Å². The van der Waals surface area contributed by atoms with Crippen LogP contribution in [0.25, 0.3) is 0 Å². The second-order valence-corrected chi connectivity index (χ2v) is 9.27. The molecule has 1 aromatic heterocycles. The molecule has 0 bridgehead atoms. The summed E-state index contributed by atoms with van der Waals surface area (Å²) in [7, 11) is 1.94. The summed E-state index contributed by atoms with van der Waals surface area (Å²) >= 11 is 0. The smallest absolute Gasteiger partial charge is 0.229 e. The first kappa shape index (κ1) is 25.8. The maximum Gasteiger partial charge on any atom is 0.229 e. The number of aromatic nitrogens is 2. The maximum atomic E-state index is 12.5. The Hall–Kier alpha value is -4.32. The lowest BCUT2D eigenvalue weighted by Crippen LogP contribution is -2.13. The summed E-state index contributed by atoms with van der Waals surface area (Å²) in [6.45, 7) is 5.84. The number of carbonyl (C=O) groups excluding carboxylic acids is 2. The van der Waals surface area contributed by atoms with Crippen LogP contribution in [-0.2, 0) is 17.6 Å². The second-order valence-electron chi connectivity index (χ2n) is 9.27. The summed E-state index contributed by atoms with van der Waals surface area (Å²) in [4.78, 5) is 35.7. The van der Waals surface area contributed by atoms with E-state index >= 15 is 0 Å². The summed E-state index contributed by atoms with van der Waals surface area (Å²) in [5.74, 6) is 1.46. The molecule has 0 radical (unpaired) electrons. The number of anilines is 4. The molecule has 1 heterocycles. The van der Waals surface area contributed by atoms with E-state index < -0.39 is 0 Å². The molecule has 4 rings (SSSR count). The van der Waals surface area contributed by atoms with E-state index in [4.69, 9.17) is 0 Å². The summed E-state index contributed by atoms with van der Waals surface area (Å²) in [6.07, 6.45) is 3.00. The van der Waals surface area contributed by atoms with Crippen molar-refractivity contribution < 1.29 is 9.59 Å². The van der Waals surface area contributed by atoms with Gasteiger partial charge in [-0.05, 0) is 60.9 Å². The fraction of sp³-hybridized carbons (Fsp3) is 0.226. The van der Waals surface area contributed by atoms with Crippen molar-refractivity contribution in [3.05, 3.63) is 107 Å². The van der Waals surface area contributed by atoms with Crippen LogP contribution in [-0.4, -0.2) is 28.6 Å². The molecule has 6 nitrogen and oxygen atoms in total. The summed E-state index contributed by atoms with van der Waals surface area (Å²) in [6, 6.07) is 23.6. The van der Waals surface area contributed by atoms with Crippen molar-refractivity contribution in [2.75, 3.05) is 17.3 Å². The molecular weight excluding hydrogens is 460 g/mol. The average molecular weight is 493 g/mol. The quantitative estimate of drug-likeness (QED) is 0.253. The van der Waals surface area contributed by atoms with E-state index in [1.807, 2.05) is 106 Å². The van der Waals surface area contributed by atoms with E-state index in [-0.39, 0.29) is 11.6 Å². The van der Waals surface area contributed by atoms with Gasteiger partial charge in [0.15, 0.2) is 5.78 Å². The van der Waals surface area contributed by atoms with Crippen LogP contribution in [0, 0.1) is 13.8 Å². The zero-order valence-electron chi connectivity index (χ0n) is 21.8. The number of hydrogen-bond acceptors (Lipinski definition) is 6. The molecular formula is C31H32N4O2. The number of ketones is 2. The Morgan fingerprint density at radius 3 is 2.16 bits per heavy atom. The van der Waals surface area contributed by atoms with E-state index in [1.165, 1.54) is 5.56 Å². The fourth-order valence-corrected chi connectivity index (χ4v) is 4.11. The normalized spacial score (nSPS) is 10.7. The van der Waals surface area contributed by atoms with E-state index in [1.54, 1.807) is 6.20 Å². The van der Waals surface area contributed by atoms with Gasteiger partial charge in [-0.3, -0.25) is 9.59 Å². The third kappa shape index (κ3) is 6.67. The van der Waals surface area contributed by atoms with Crippen molar-refractivity contribution in [2.24, 2.45) is 0 Å². The van der Waals surface area contributed by atoms with Crippen molar-refractivity contribution in [3.8, 4) is 0 Å². The first-order chi connectivity index (χ1) is 17.8. The number of Topliss-reactive ketones (excluding diaryl/α,β-unsaturated/α-hetero) is 2. The minimum absolute atomic E-state index is 0.107. The van der Waals surface area contributed by atoms with Gasteiger partial charge in [-0.25, -0.2) is 4.98 Å². The Labute approximate surface area is 218 Å². The van der Waals surface area contributed by atoms with Gasteiger partial charge in [0.1, 0.15) is 11.6 Å². The third-order valence-electron chi connectivity index (χ3n) is 6.35. The number of rotatable bonds is 10. The molecule has 0 spiro atoms. The van der Waals surface area contributed by atoms with Crippen LogP contribution in [0.5, 0.6) is 0 Å². The lowest BCUT2D eigenvalue weighted by Gasteiger charge is -2.19. The lowest BCUT2D eigenvalue weighted by atomic mass is 10.0. The molecule has 0 fully saturated rings. The highest BCUT2D eigenvalue weighted by atomic mass is 16.1. The van der Waals surface area contributed by atoms with Gasteiger partial charge in [-0.15, -0.1) is 0 Å². The molecule has 1 N–H and O–H groups in total. The summed E-state index contributed by atoms with van der Waals surface area (Å²) < 4.78 is 0. The maximum absolute atomic E-state index is 12.5. The monoisotopic (exact) mass is 492 g/mol. The van der Waals surface area contributed by atoms with Crippen LogP contribution in [0.4, 0.5) is 23.1 Å². The van der Waals surface area contributed by atoms with Gasteiger partial charge in [0.2, 0.25) is 5.95 Å². The highest BCUT2D eigenvalue weighted by molar-refractivity contribution is 5.98. The van der Waals surface area contributed by atoms with Crippen molar-refractivity contribution in [3.63, 3.8) is 0 Å². The van der Waals surface area contributed by atoms with E-state index in [0.717, 1.165) is 33.9 Å². The van der Waals surface area contributed by atoms with Gasteiger partial charge in [-0.2, -0.15) is 4.98 Å². The predicted octanol–water partition coefficient (Wildman–Crippen LogP) is 6.55. The van der Waals surface area contributed by atoms with Crippen molar-refractivity contribution in [1.29, 1.82) is 0 Å². The Morgan fingerprint density at radius 1 is 0.865 bits per heavy atom. The zero-order chi connectivity index (χ0) is 26.4. The SMILES string of the molecule is CCC(=O)c1cc(Nc2nccc(N(C)c3ccc(CC(=O)Cc4ccc(C)cc4)cc3)n2)ccc1C. The van der Waals surface area contributed by atoms with Crippen LogP contribution >= 0.6 is 0 Å². The standard InChI is InChI=1S/C31H32N4O2/c1-5-29(37)28-20-25(13-8-22(28)3)33-31-32-17-16-30(34-31)35(4)26-14-11-24(12-15-26)19-27(36)18-23-9-6-21(2)7-10-23/h6-17,20H,5,18-19H2,1-4H3,(H,32,33,34). The van der Waals surface area contributed by atoms with Gasteiger partial charge in [0.25, 0.3) is 0 Å². The molecule has 0 saturated carbocycles. The number of benzene rings is 3. The Morgan fingerprint density at radius 2 is 1.51 bits per heavy atom. The minimum Gasteiger partial charge on any atom is -0.329 e. The Bertz CT molecular complexity index is 1400. The van der Waals surface area contributed by atoms with E-state index in [0.29, 0.717) is 30.8 Å². The highest BCUT2D eigenvalue weighted by Gasteiger charge is 2.11. The second kappa shape index (κ2) is 11.6. The molecule has 188 valence electrons.